The number of halogens is 2. The molecule has 0 aliphatic carbocycles. The smallest absolute Gasteiger partial charge is 0.109 e. The fourth-order valence-electron chi connectivity index (χ4n) is 1.26. The van der Waals surface area contributed by atoms with Gasteiger partial charge in [0, 0.05) is 0 Å². The van der Waals surface area contributed by atoms with Gasteiger partial charge in [-0.05, 0) is 30.5 Å². The summed E-state index contributed by atoms with van der Waals surface area (Å²) in [5.74, 6) is 0. The first-order chi connectivity index (χ1) is 5.66. The summed E-state index contributed by atoms with van der Waals surface area (Å²) in [6.07, 6.45) is 0. The lowest BCUT2D eigenvalue weighted by atomic mass is 9.99. The molecule has 0 aromatic heterocycles. The molecule has 74 valence electrons. The van der Waals surface area contributed by atoms with Crippen molar-refractivity contribution < 1.29 is 4.39 Å². The summed E-state index contributed by atoms with van der Waals surface area (Å²) in [6, 6.07) is 5.33. The van der Waals surface area contributed by atoms with Crippen LogP contribution in [0.4, 0.5) is 4.39 Å². The fraction of sp³-hybridized carbons (Fsp3) is 0.400. The summed E-state index contributed by atoms with van der Waals surface area (Å²) < 4.78 is 12.3. The summed E-state index contributed by atoms with van der Waals surface area (Å²) in [6.45, 7) is 3.48. The number of rotatable bonds is 2. The number of nitrogens with two attached hydrogens (primary N) is 1. The average Bonchev–Trinajstić information content (AvgIpc) is 2.08. The quantitative estimate of drug-likeness (QED) is 0.786. The molecule has 1 aromatic carbocycles. The molecular formula is C10H15ClFN. The van der Waals surface area contributed by atoms with Crippen molar-refractivity contribution in [2.75, 3.05) is 6.67 Å². The van der Waals surface area contributed by atoms with Gasteiger partial charge in [-0.1, -0.05) is 18.2 Å². The first-order valence-corrected chi connectivity index (χ1v) is 4.04. The first kappa shape index (κ1) is 12.4. The fourth-order valence-corrected chi connectivity index (χ4v) is 1.26. The predicted octanol–water partition coefficient (Wildman–Crippen LogP) is 2.69. The molecule has 0 fully saturated rings. The van der Waals surface area contributed by atoms with E-state index in [1.54, 1.807) is 0 Å². The molecule has 1 nitrogen and oxygen atoms in total. The van der Waals surface area contributed by atoms with E-state index in [0.717, 1.165) is 16.7 Å². The van der Waals surface area contributed by atoms with Gasteiger partial charge in [-0.3, -0.25) is 0 Å². The van der Waals surface area contributed by atoms with Gasteiger partial charge in [0.05, 0.1) is 6.04 Å². The highest BCUT2D eigenvalue weighted by Gasteiger charge is 2.08. The first-order valence-electron chi connectivity index (χ1n) is 4.04. The monoisotopic (exact) mass is 203 g/mol. The van der Waals surface area contributed by atoms with Crippen molar-refractivity contribution in [2.24, 2.45) is 5.73 Å². The number of hydrogen-bond acceptors (Lipinski definition) is 1. The summed E-state index contributed by atoms with van der Waals surface area (Å²) in [5.41, 5.74) is 8.77. The van der Waals surface area contributed by atoms with Crippen LogP contribution in [0.5, 0.6) is 0 Å². The second-order valence-corrected chi connectivity index (χ2v) is 3.05. The van der Waals surface area contributed by atoms with E-state index in [1.165, 1.54) is 0 Å². The van der Waals surface area contributed by atoms with Gasteiger partial charge >= 0.3 is 0 Å². The van der Waals surface area contributed by atoms with Crippen molar-refractivity contribution in [3.8, 4) is 0 Å². The van der Waals surface area contributed by atoms with Crippen LogP contribution in [0.2, 0.25) is 0 Å². The SMILES string of the molecule is Cc1cccc([C@@H](N)CF)c1C.Cl. The highest BCUT2D eigenvalue weighted by Crippen LogP contribution is 2.18. The van der Waals surface area contributed by atoms with E-state index in [4.69, 9.17) is 5.73 Å². The molecule has 13 heavy (non-hydrogen) atoms. The Morgan fingerprint density at radius 3 is 2.54 bits per heavy atom. The zero-order valence-electron chi connectivity index (χ0n) is 7.88. The van der Waals surface area contributed by atoms with Gasteiger partial charge in [-0.2, -0.15) is 0 Å². The Morgan fingerprint density at radius 1 is 1.38 bits per heavy atom. The third-order valence-electron chi connectivity index (χ3n) is 2.21. The van der Waals surface area contributed by atoms with Crippen LogP contribution in [0.3, 0.4) is 0 Å². The molecule has 3 heteroatoms. The van der Waals surface area contributed by atoms with Crippen LogP contribution in [-0.2, 0) is 0 Å². The largest absolute Gasteiger partial charge is 0.322 e. The lowest BCUT2D eigenvalue weighted by molar-refractivity contribution is 0.436. The van der Waals surface area contributed by atoms with Gasteiger partial charge in [0.2, 0.25) is 0 Å². The Bertz CT molecular complexity index is 276. The zero-order chi connectivity index (χ0) is 9.14. The van der Waals surface area contributed by atoms with Crippen LogP contribution >= 0.6 is 12.4 Å². The lowest BCUT2D eigenvalue weighted by Gasteiger charge is -2.12. The molecule has 0 unspecified atom stereocenters. The van der Waals surface area contributed by atoms with E-state index in [0.29, 0.717) is 0 Å². The van der Waals surface area contributed by atoms with Crippen molar-refractivity contribution in [2.45, 2.75) is 19.9 Å². The van der Waals surface area contributed by atoms with Gasteiger partial charge in [-0.25, -0.2) is 4.39 Å². The molecule has 0 saturated carbocycles. The van der Waals surface area contributed by atoms with Gasteiger partial charge in [0.25, 0.3) is 0 Å². The number of benzene rings is 1. The highest BCUT2D eigenvalue weighted by molar-refractivity contribution is 5.85. The van der Waals surface area contributed by atoms with E-state index < -0.39 is 12.7 Å². The molecule has 0 heterocycles. The van der Waals surface area contributed by atoms with Crippen LogP contribution in [0, 0.1) is 13.8 Å². The van der Waals surface area contributed by atoms with Crippen LogP contribution < -0.4 is 5.73 Å². The topological polar surface area (TPSA) is 26.0 Å². The Hall–Kier alpha value is -0.600. The molecule has 0 radical (unpaired) electrons. The maximum Gasteiger partial charge on any atom is 0.109 e. The standard InChI is InChI=1S/C10H14FN.ClH/c1-7-4-3-5-9(8(7)2)10(12)6-11;/h3-5,10H,6,12H2,1-2H3;1H/t10-;/m0./s1. The van der Waals surface area contributed by atoms with Crippen LogP contribution in [0.25, 0.3) is 0 Å². The predicted molar refractivity (Wildman–Crippen MR) is 56.1 cm³/mol. The van der Waals surface area contributed by atoms with Gasteiger partial charge in [-0.15, -0.1) is 12.4 Å². The number of hydrogen-bond donors (Lipinski definition) is 1. The van der Waals surface area contributed by atoms with Gasteiger partial charge in [0.1, 0.15) is 6.67 Å². The van der Waals surface area contributed by atoms with Crippen LogP contribution in [-0.4, -0.2) is 6.67 Å². The Morgan fingerprint density at radius 2 is 2.00 bits per heavy atom. The molecule has 0 aliphatic rings. The van der Waals surface area contributed by atoms with E-state index in [2.05, 4.69) is 0 Å². The average molecular weight is 204 g/mol. The molecule has 1 atom stereocenters. The summed E-state index contributed by atoms with van der Waals surface area (Å²) in [4.78, 5) is 0. The normalized spacial score (nSPS) is 12.0. The van der Waals surface area contributed by atoms with E-state index in [-0.39, 0.29) is 12.4 Å². The van der Waals surface area contributed by atoms with Crippen molar-refractivity contribution in [3.63, 3.8) is 0 Å². The molecule has 0 amide bonds. The third kappa shape index (κ3) is 2.68. The maximum atomic E-state index is 12.3. The maximum absolute atomic E-state index is 12.3. The molecule has 0 spiro atoms. The van der Waals surface area contributed by atoms with Crippen molar-refractivity contribution in [3.05, 3.63) is 34.9 Å². The van der Waals surface area contributed by atoms with E-state index >= 15 is 0 Å². The second kappa shape index (κ2) is 5.20. The number of alkyl halides is 1. The van der Waals surface area contributed by atoms with Crippen LogP contribution in [0.1, 0.15) is 22.7 Å². The molecule has 1 aromatic rings. The molecule has 0 aliphatic heterocycles. The van der Waals surface area contributed by atoms with E-state index in [1.807, 2.05) is 32.0 Å². The Labute approximate surface area is 84.5 Å². The molecule has 0 saturated heterocycles. The molecular weight excluding hydrogens is 189 g/mol. The minimum absolute atomic E-state index is 0. The van der Waals surface area contributed by atoms with Crippen molar-refractivity contribution >= 4 is 12.4 Å². The zero-order valence-corrected chi connectivity index (χ0v) is 8.70. The van der Waals surface area contributed by atoms with Crippen molar-refractivity contribution in [1.82, 2.24) is 0 Å². The van der Waals surface area contributed by atoms with Gasteiger partial charge < -0.3 is 5.73 Å². The molecule has 0 bridgehead atoms. The van der Waals surface area contributed by atoms with Crippen molar-refractivity contribution in [1.29, 1.82) is 0 Å². The second-order valence-electron chi connectivity index (χ2n) is 3.05. The van der Waals surface area contributed by atoms with Gasteiger partial charge in [0.15, 0.2) is 0 Å². The summed E-state index contributed by atoms with van der Waals surface area (Å²) in [7, 11) is 0. The minimum Gasteiger partial charge on any atom is -0.322 e. The third-order valence-corrected chi connectivity index (χ3v) is 2.21. The van der Waals surface area contributed by atoms with E-state index in [9.17, 15) is 4.39 Å². The Kier molecular flexibility index (Phi) is 4.96. The Balaban J connectivity index is 0.00000144. The summed E-state index contributed by atoms with van der Waals surface area (Å²) in [5, 5.41) is 0. The minimum atomic E-state index is -0.496. The highest BCUT2D eigenvalue weighted by atomic mass is 35.5. The molecule has 2 N–H and O–H groups in total. The molecule has 1 rings (SSSR count). The number of aryl methyl sites for hydroxylation is 1. The summed E-state index contributed by atoms with van der Waals surface area (Å²) >= 11 is 0. The van der Waals surface area contributed by atoms with Crippen LogP contribution in [0.15, 0.2) is 18.2 Å². The lowest BCUT2D eigenvalue weighted by Crippen LogP contribution is -2.13.